The van der Waals surface area contributed by atoms with E-state index in [2.05, 4.69) is 310 Å². The maximum Gasteiger partial charge on any atom is 0.0945 e. The van der Waals surface area contributed by atoms with E-state index in [9.17, 15) is 4.39 Å². The van der Waals surface area contributed by atoms with Gasteiger partial charge in [-0.1, -0.05) is 331 Å². The molecule has 0 N–H and O–H groups in total. The lowest BCUT2D eigenvalue weighted by molar-refractivity contribution is -0.0552. The minimum absolute atomic E-state index is 0.00407. The van der Waals surface area contributed by atoms with Crippen molar-refractivity contribution in [1.82, 2.24) is 0 Å². The normalized spacial score (nSPS) is 16.8. The molecule has 0 heterocycles. The number of alkyl halides is 1. The minimum Gasteiger partial charge on any atom is -0.248 e. The van der Waals surface area contributed by atoms with Crippen molar-refractivity contribution in [2.75, 3.05) is 0 Å². The van der Waals surface area contributed by atoms with E-state index in [0.29, 0.717) is 58.5 Å². The second kappa shape index (κ2) is 48.0. The number of aryl methyl sites for hydroxylation is 7. The number of hydrogen-bond donors (Lipinski definition) is 0. The summed E-state index contributed by atoms with van der Waals surface area (Å²) < 4.78 is 41.6. The summed E-state index contributed by atoms with van der Waals surface area (Å²) in [6, 6.07) is 42.1. The van der Waals surface area contributed by atoms with Crippen molar-refractivity contribution < 1.29 is 9.87 Å². The molecule has 0 atom stereocenters. The molecule has 104 heavy (non-hydrogen) atoms. The van der Waals surface area contributed by atoms with Crippen LogP contribution in [0.25, 0.3) is 0 Å². The molecule has 0 aliphatic heterocycles. The van der Waals surface area contributed by atoms with Crippen LogP contribution in [-0.4, -0.2) is 6.17 Å². The number of benzene rings is 7. The van der Waals surface area contributed by atoms with Gasteiger partial charge in [-0.3, -0.25) is 0 Å². The summed E-state index contributed by atoms with van der Waals surface area (Å²) >= 11 is 0. The first-order chi connectivity index (χ1) is 50.4. The summed E-state index contributed by atoms with van der Waals surface area (Å²) in [5.74, 6) is 13.3. The summed E-state index contributed by atoms with van der Waals surface area (Å²) in [5, 5.41) is 0. The van der Waals surface area contributed by atoms with Crippen LogP contribution in [0.2, 0.25) is 0 Å². The Bertz CT molecular complexity index is 3520. The molecule has 4 aliphatic carbocycles. The number of rotatable bonds is 16. The Kier molecular flexibility index (Phi) is 40.3. The van der Waals surface area contributed by atoms with Crippen LogP contribution in [0, 0.1) is 88.9 Å². The van der Waals surface area contributed by atoms with Gasteiger partial charge in [-0.05, 0) is 308 Å². The van der Waals surface area contributed by atoms with Crippen molar-refractivity contribution in [3.63, 3.8) is 0 Å². The third-order valence-electron chi connectivity index (χ3n) is 21.1. The maximum absolute atomic E-state index is 11.0. The third-order valence-corrected chi connectivity index (χ3v) is 21.1. The molecular weight excluding hydrogens is 1260 g/mol. The van der Waals surface area contributed by atoms with Gasteiger partial charge in [-0.25, -0.2) is 4.39 Å². The fourth-order valence-electron chi connectivity index (χ4n) is 17.4. The Balaban J connectivity index is 0.000000418. The van der Waals surface area contributed by atoms with Crippen LogP contribution in [0.5, 0.6) is 0 Å². The van der Waals surface area contributed by atoms with Gasteiger partial charge < -0.3 is 0 Å². The molecule has 0 amide bonds. The minimum atomic E-state index is -0.667. The van der Waals surface area contributed by atoms with Crippen LogP contribution in [0.1, 0.15) is 390 Å². The molecule has 1 heteroatoms. The number of halogens is 1. The Morgan fingerprint density at radius 3 is 1.01 bits per heavy atom. The first kappa shape index (κ1) is 87.4. The predicted octanol–water partition coefficient (Wildman–Crippen LogP) is 32.4. The van der Waals surface area contributed by atoms with E-state index in [0.717, 1.165) is 60.2 Å². The summed E-state index contributed by atoms with van der Waals surface area (Å²) in [5.41, 5.74) is 26.5. The highest BCUT2D eigenvalue weighted by atomic mass is 19.1. The smallest absolute Gasteiger partial charge is 0.0945 e. The molecule has 7 aromatic rings. The zero-order valence-corrected chi connectivity index (χ0v) is 73.6. The fourth-order valence-corrected chi connectivity index (χ4v) is 17.4. The first-order valence-electron chi connectivity index (χ1n) is 43.6. The summed E-state index contributed by atoms with van der Waals surface area (Å²) in [4.78, 5) is 0. The summed E-state index contributed by atoms with van der Waals surface area (Å²) in [6.07, 6.45) is 12.0. The topological polar surface area (TPSA) is 0 Å². The standard InChI is InChI=1S/C17H28.C15H24.C13H22.C13H20.C12H18.C11H16.C10H14.C9H12.C3H7F/c1-12(2)10-15-8-7-9-16(11-13(3)4)17(15)14(5)6;1-10(2)13-8-7-9-14(11(3)4)15(13)12(5)6;1-8(2)13-11-4-9-3-10(6-11)7-12(13)5-9;1-5-11-8-7-9-12(6-2)13(11)10(3)4;1-8(2)12-10(4)6-9(3)7-11(12)5;1-8(2)11-9(3)6-5-7-10(11)4;1-8(2)10-6-4-5-9(3)7-10;1-8(2)9-6-4-3-5-7-9;1-3(2)4/h7-9,12-14H,10-11H2,1-6H3;7-12H,1-6H3;8-13H,3-7H2,1-2H3;7-10H,5-6H2,1-4H3;6-8H,1-5H3;5-8H,1-4H3;4-8H,1-3H3;3-8H,1-2H3;3H,1-2H3/i;;;;;;4D,5D,6D,7D;;. The van der Waals surface area contributed by atoms with Crippen LogP contribution in [0.15, 0.2) is 139 Å². The van der Waals surface area contributed by atoms with E-state index in [1.165, 1.54) is 93.5 Å². The maximum atomic E-state index is 11.0. The molecule has 4 fully saturated rings. The van der Waals surface area contributed by atoms with Gasteiger partial charge in [0.05, 0.1) is 11.7 Å². The molecular formula is C103H161F. The van der Waals surface area contributed by atoms with Gasteiger partial charge in [-0.2, -0.15) is 0 Å². The Morgan fingerprint density at radius 2 is 0.692 bits per heavy atom. The SMILES string of the molecule is CC(C)C1C2CC3CC(C2)CC1C3.CC(C)Cc1cccc(CC(C)C)c1C(C)C.CC(C)F.CC(C)c1cccc(C(C)C)c1C(C)C.CC(C)c1ccccc1.CCc1cccc(CC)c1C(C)C.Cc1cc(C)c(C(C)C)c(C)c1.Cc1cccc(C)c1C(C)C.[2H]c1c([2H])c(C)c([2H])c(C(C)C)c1[2H]. The van der Waals surface area contributed by atoms with Crippen molar-refractivity contribution in [3.05, 3.63) is 245 Å². The van der Waals surface area contributed by atoms with Crippen LogP contribution in [0.4, 0.5) is 4.39 Å². The molecule has 7 aromatic carbocycles. The van der Waals surface area contributed by atoms with Gasteiger partial charge in [0.25, 0.3) is 0 Å². The van der Waals surface area contributed by atoms with E-state index in [-0.39, 0.29) is 30.1 Å². The zero-order valence-electron chi connectivity index (χ0n) is 77.6. The van der Waals surface area contributed by atoms with Crippen molar-refractivity contribution in [2.24, 2.45) is 47.3 Å². The molecule has 0 aromatic heterocycles. The van der Waals surface area contributed by atoms with Crippen molar-refractivity contribution in [2.45, 2.75) is 353 Å². The van der Waals surface area contributed by atoms with Crippen LogP contribution >= 0.6 is 0 Å². The lowest BCUT2D eigenvalue weighted by Crippen LogP contribution is -2.46. The second-order valence-electron chi connectivity index (χ2n) is 35.5. The van der Waals surface area contributed by atoms with Crippen molar-refractivity contribution in [3.8, 4) is 0 Å². The van der Waals surface area contributed by atoms with Crippen molar-refractivity contribution >= 4 is 0 Å². The molecule has 4 bridgehead atoms. The van der Waals surface area contributed by atoms with E-state index in [1.807, 2.05) is 19.9 Å². The monoisotopic (exact) mass is 1420 g/mol. The second-order valence-corrected chi connectivity index (χ2v) is 35.5. The van der Waals surface area contributed by atoms with Crippen molar-refractivity contribution in [1.29, 1.82) is 0 Å². The van der Waals surface area contributed by atoms with Gasteiger partial charge in [-0.15, -0.1) is 0 Å². The van der Waals surface area contributed by atoms with Gasteiger partial charge in [0, 0.05) is 0 Å². The first-order valence-corrected chi connectivity index (χ1v) is 41.6. The number of hydrogen-bond acceptors (Lipinski definition) is 0. The Hall–Kier alpha value is -5.53. The largest absolute Gasteiger partial charge is 0.248 e. The fraction of sp³-hybridized carbons (Fsp3) is 0.592. The predicted molar refractivity (Wildman–Crippen MR) is 468 cm³/mol. The quantitative estimate of drug-likeness (QED) is 0.0905. The highest BCUT2D eigenvalue weighted by Gasteiger charge is 2.48. The van der Waals surface area contributed by atoms with Crippen LogP contribution in [-0.2, 0) is 25.7 Å². The molecule has 0 saturated heterocycles. The van der Waals surface area contributed by atoms with E-state index in [4.69, 9.17) is 5.48 Å². The lowest BCUT2D eigenvalue weighted by Gasteiger charge is -2.55. The summed E-state index contributed by atoms with van der Waals surface area (Å²) in [7, 11) is 0. The van der Waals surface area contributed by atoms with E-state index >= 15 is 0 Å². The van der Waals surface area contributed by atoms with E-state index in [1.54, 1.807) is 66.8 Å². The zero-order chi connectivity index (χ0) is 82.5. The molecule has 11 rings (SSSR count). The third kappa shape index (κ3) is 32.5. The van der Waals surface area contributed by atoms with Gasteiger partial charge in [0.2, 0.25) is 0 Å². The highest BCUT2D eigenvalue weighted by Crippen LogP contribution is 2.58. The van der Waals surface area contributed by atoms with Gasteiger partial charge in [0.15, 0.2) is 0 Å². The lowest BCUT2D eigenvalue weighted by atomic mass is 9.50. The Morgan fingerprint density at radius 1 is 0.346 bits per heavy atom. The van der Waals surface area contributed by atoms with Crippen LogP contribution < -0.4 is 0 Å². The molecule has 0 radical (unpaired) electrons. The molecule has 0 spiro atoms. The average molecular weight is 1420 g/mol. The van der Waals surface area contributed by atoms with Gasteiger partial charge >= 0.3 is 0 Å². The Labute approximate surface area is 651 Å². The van der Waals surface area contributed by atoms with Gasteiger partial charge in [0.1, 0.15) is 0 Å². The molecule has 4 saturated carbocycles. The highest BCUT2D eigenvalue weighted by molar-refractivity contribution is 5.43. The van der Waals surface area contributed by atoms with Crippen LogP contribution in [0.3, 0.4) is 0 Å². The average Bonchev–Trinajstić information content (AvgIpc) is 0.759. The molecule has 0 nitrogen and oxygen atoms in total. The molecule has 4 aliphatic rings. The molecule has 0 unspecified atom stereocenters. The molecule has 580 valence electrons. The van der Waals surface area contributed by atoms with E-state index < -0.39 is 6.17 Å². The summed E-state index contributed by atoms with van der Waals surface area (Å²) in [6.45, 7) is 74.3.